The molecule has 178 valence electrons. The number of thioether (sulfide) groups is 1. The number of nitro benzene ring substituents is 1. The minimum atomic E-state index is -0.719. The van der Waals surface area contributed by atoms with Gasteiger partial charge in [0.2, 0.25) is 11.8 Å². The lowest BCUT2D eigenvalue weighted by Gasteiger charge is -2.29. The number of halogens is 2. The predicted molar refractivity (Wildman–Crippen MR) is 134 cm³/mol. The van der Waals surface area contributed by atoms with E-state index in [0.717, 1.165) is 5.56 Å². The van der Waals surface area contributed by atoms with Gasteiger partial charge in [0, 0.05) is 46.6 Å². The molecule has 0 aliphatic rings. The Labute approximate surface area is 208 Å². The zero-order chi connectivity index (χ0) is 24.5. The van der Waals surface area contributed by atoms with Crippen LogP contribution in [0.15, 0.2) is 42.5 Å². The van der Waals surface area contributed by atoms with Crippen LogP contribution >= 0.6 is 35.0 Å². The highest BCUT2D eigenvalue weighted by atomic mass is 35.5. The van der Waals surface area contributed by atoms with Crippen LogP contribution in [0, 0.1) is 16.0 Å². The number of rotatable bonds is 11. The summed E-state index contributed by atoms with van der Waals surface area (Å²) in [4.78, 5) is 37.7. The molecule has 1 unspecified atom stereocenters. The van der Waals surface area contributed by atoms with Crippen molar-refractivity contribution in [3.8, 4) is 0 Å². The largest absolute Gasteiger partial charge is 0.354 e. The number of nitro groups is 1. The van der Waals surface area contributed by atoms with Gasteiger partial charge in [0.05, 0.1) is 10.7 Å². The van der Waals surface area contributed by atoms with Crippen molar-refractivity contribution in [3.63, 3.8) is 0 Å². The van der Waals surface area contributed by atoms with Gasteiger partial charge in [-0.1, -0.05) is 55.2 Å². The number of non-ortho nitro benzene ring substituents is 1. The summed E-state index contributed by atoms with van der Waals surface area (Å²) in [5, 5.41) is 14.5. The molecule has 0 heterocycles. The van der Waals surface area contributed by atoms with Gasteiger partial charge in [-0.3, -0.25) is 19.7 Å². The molecule has 0 saturated carbocycles. The smallest absolute Gasteiger partial charge is 0.269 e. The highest BCUT2D eigenvalue weighted by molar-refractivity contribution is 7.99. The second-order valence-corrected chi connectivity index (χ2v) is 9.75. The number of hydrogen-bond donors (Lipinski definition) is 1. The zero-order valence-electron chi connectivity index (χ0n) is 18.7. The van der Waals surface area contributed by atoms with E-state index < -0.39 is 11.0 Å². The average molecular weight is 512 g/mol. The lowest BCUT2D eigenvalue weighted by atomic mass is 10.1. The molecule has 0 bridgehead atoms. The van der Waals surface area contributed by atoms with Gasteiger partial charge in [0.1, 0.15) is 6.04 Å². The first-order chi connectivity index (χ1) is 15.6. The number of benzene rings is 2. The van der Waals surface area contributed by atoms with Crippen LogP contribution in [-0.4, -0.2) is 40.0 Å². The molecule has 33 heavy (non-hydrogen) atoms. The van der Waals surface area contributed by atoms with Crippen molar-refractivity contribution in [3.05, 3.63) is 73.8 Å². The van der Waals surface area contributed by atoms with Crippen LogP contribution in [0.2, 0.25) is 10.0 Å². The molecular formula is C23H27Cl2N3O4S. The lowest BCUT2D eigenvalue weighted by Crippen LogP contribution is -2.48. The molecule has 1 atom stereocenters. The second kappa shape index (κ2) is 12.8. The van der Waals surface area contributed by atoms with Crippen molar-refractivity contribution in [2.75, 3.05) is 12.3 Å². The maximum Gasteiger partial charge on any atom is 0.269 e. The van der Waals surface area contributed by atoms with Gasteiger partial charge in [-0.2, -0.15) is 0 Å². The van der Waals surface area contributed by atoms with E-state index >= 15 is 0 Å². The summed E-state index contributed by atoms with van der Waals surface area (Å²) in [5.74, 6) is 0.422. The van der Waals surface area contributed by atoms with Crippen LogP contribution in [0.1, 0.15) is 31.9 Å². The number of carbonyl (C=O) groups is 2. The molecule has 0 radical (unpaired) electrons. The van der Waals surface area contributed by atoms with E-state index in [4.69, 9.17) is 23.2 Å². The molecule has 2 aromatic carbocycles. The Bertz CT molecular complexity index is 966. The zero-order valence-corrected chi connectivity index (χ0v) is 21.0. The Morgan fingerprint density at radius 1 is 1.09 bits per heavy atom. The third kappa shape index (κ3) is 8.21. The van der Waals surface area contributed by atoms with Gasteiger partial charge in [0.25, 0.3) is 5.69 Å². The highest BCUT2D eigenvalue weighted by Gasteiger charge is 2.27. The van der Waals surface area contributed by atoms with Gasteiger partial charge in [-0.15, -0.1) is 11.8 Å². The first kappa shape index (κ1) is 27.0. The Morgan fingerprint density at radius 3 is 2.24 bits per heavy atom. The summed E-state index contributed by atoms with van der Waals surface area (Å²) in [7, 11) is 0. The molecule has 0 spiro atoms. The van der Waals surface area contributed by atoms with E-state index in [1.807, 2.05) is 13.8 Å². The molecule has 1 N–H and O–H groups in total. The average Bonchev–Trinajstić information content (AvgIpc) is 2.77. The molecule has 10 heteroatoms. The number of nitrogens with one attached hydrogen (secondary N) is 1. The third-order valence-corrected chi connectivity index (χ3v) is 6.58. The summed E-state index contributed by atoms with van der Waals surface area (Å²) in [6.45, 7) is 6.27. The van der Waals surface area contributed by atoms with Crippen LogP contribution in [0.25, 0.3) is 0 Å². The van der Waals surface area contributed by atoms with Crippen LogP contribution in [0.3, 0.4) is 0 Å². The third-order valence-electron chi connectivity index (χ3n) is 4.88. The van der Waals surface area contributed by atoms with E-state index in [1.54, 1.807) is 37.3 Å². The molecule has 7 nitrogen and oxygen atoms in total. The fourth-order valence-corrected chi connectivity index (χ4v) is 4.33. The van der Waals surface area contributed by atoms with Crippen LogP contribution in [-0.2, 0) is 21.9 Å². The molecule has 2 aromatic rings. The van der Waals surface area contributed by atoms with Gasteiger partial charge >= 0.3 is 0 Å². The van der Waals surface area contributed by atoms with Crippen molar-refractivity contribution in [1.82, 2.24) is 10.2 Å². The van der Waals surface area contributed by atoms with Gasteiger partial charge in [-0.25, -0.2) is 0 Å². The SMILES string of the molecule is CC(C)CNC(=O)C(C)N(Cc1c(Cl)cccc1Cl)C(=O)CSCc1ccc([N+](=O)[O-])cc1. The first-order valence-corrected chi connectivity index (χ1v) is 12.3. The van der Waals surface area contributed by atoms with Gasteiger partial charge in [-0.05, 0) is 30.5 Å². The molecule has 2 rings (SSSR count). The standard InChI is InChI=1S/C23H27Cl2N3O4S/c1-15(2)11-26-23(30)16(3)27(12-19-20(24)5-4-6-21(19)25)22(29)14-33-13-17-7-9-18(10-8-17)28(31)32/h4-10,15-16H,11-14H2,1-3H3,(H,26,30). The summed E-state index contributed by atoms with van der Waals surface area (Å²) >= 11 is 14.0. The van der Waals surface area contributed by atoms with Crippen LogP contribution in [0.4, 0.5) is 5.69 Å². The minimum absolute atomic E-state index is 0.0175. The Morgan fingerprint density at radius 2 is 1.70 bits per heavy atom. The highest BCUT2D eigenvalue weighted by Crippen LogP contribution is 2.27. The predicted octanol–water partition coefficient (Wildman–Crippen LogP) is 5.32. The van der Waals surface area contributed by atoms with E-state index in [1.165, 1.54) is 28.8 Å². The molecule has 0 aliphatic heterocycles. The Hall–Kier alpha value is -2.29. The first-order valence-electron chi connectivity index (χ1n) is 10.4. The number of amides is 2. The van der Waals surface area contributed by atoms with Crippen molar-refractivity contribution in [2.45, 2.75) is 39.1 Å². The van der Waals surface area contributed by atoms with Crippen LogP contribution < -0.4 is 5.32 Å². The maximum atomic E-state index is 13.1. The number of hydrogen-bond acceptors (Lipinski definition) is 5. The van der Waals surface area contributed by atoms with Crippen molar-refractivity contribution < 1.29 is 14.5 Å². The molecule has 0 saturated heterocycles. The number of nitrogens with zero attached hydrogens (tertiary/aromatic N) is 2. The topological polar surface area (TPSA) is 92.6 Å². The second-order valence-electron chi connectivity index (χ2n) is 7.95. The van der Waals surface area contributed by atoms with Crippen molar-refractivity contribution in [1.29, 1.82) is 0 Å². The monoisotopic (exact) mass is 511 g/mol. The fraction of sp³-hybridized carbons (Fsp3) is 0.391. The van der Waals surface area contributed by atoms with E-state index in [2.05, 4.69) is 5.32 Å². The van der Waals surface area contributed by atoms with Crippen LogP contribution in [0.5, 0.6) is 0 Å². The Kier molecular flexibility index (Phi) is 10.5. The van der Waals surface area contributed by atoms with E-state index in [-0.39, 0.29) is 35.7 Å². The maximum absolute atomic E-state index is 13.1. The quantitative estimate of drug-likeness (QED) is 0.325. The molecule has 0 aliphatic carbocycles. The molecule has 2 amide bonds. The van der Waals surface area contributed by atoms with Gasteiger partial charge < -0.3 is 10.2 Å². The number of carbonyl (C=O) groups excluding carboxylic acids is 2. The molecule has 0 aromatic heterocycles. The molecular weight excluding hydrogens is 485 g/mol. The van der Waals surface area contributed by atoms with E-state index in [9.17, 15) is 19.7 Å². The molecule has 0 fully saturated rings. The summed E-state index contributed by atoms with van der Waals surface area (Å²) in [6, 6.07) is 10.6. The summed E-state index contributed by atoms with van der Waals surface area (Å²) < 4.78 is 0. The Balaban J connectivity index is 2.11. The normalized spacial score (nSPS) is 11.8. The fourth-order valence-electron chi connectivity index (χ4n) is 2.94. The summed E-state index contributed by atoms with van der Waals surface area (Å²) in [6.07, 6.45) is 0. The van der Waals surface area contributed by atoms with Crippen molar-refractivity contribution in [2.24, 2.45) is 5.92 Å². The lowest BCUT2D eigenvalue weighted by molar-refractivity contribution is -0.384. The van der Waals surface area contributed by atoms with Gasteiger partial charge in [0.15, 0.2) is 0 Å². The van der Waals surface area contributed by atoms with E-state index in [0.29, 0.717) is 27.9 Å². The van der Waals surface area contributed by atoms with Crippen molar-refractivity contribution >= 4 is 52.5 Å². The summed E-state index contributed by atoms with van der Waals surface area (Å²) in [5.41, 5.74) is 1.46. The minimum Gasteiger partial charge on any atom is -0.354 e.